The van der Waals surface area contributed by atoms with E-state index in [0.29, 0.717) is 0 Å². The molecule has 0 radical (unpaired) electrons. The normalized spacial score (nSPS) is 11.6. The van der Waals surface area contributed by atoms with Crippen molar-refractivity contribution in [3.05, 3.63) is 24.0 Å². The average Bonchev–Trinajstić information content (AvgIpc) is 2.56. The fraction of sp³-hybridized carbons (Fsp3) is 0.364. The predicted molar refractivity (Wildman–Crippen MR) is 75.0 cm³/mol. The molecule has 0 aliphatic heterocycles. The molecular weight excluding hydrogens is 261 g/mol. The van der Waals surface area contributed by atoms with Crippen molar-refractivity contribution in [2.75, 3.05) is 5.73 Å². The van der Waals surface area contributed by atoms with E-state index >= 15 is 0 Å². The lowest BCUT2D eigenvalue weighted by Crippen LogP contribution is -2.02. The van der Waals surface area contributed by atoms with Gasteiger partial charge in [0.25, 0.3) is 0 Å². The number of halogens is 2. The summed E-state index contributed by atoms with van der Waals surface area (Å²) in [6.07, 6.45) is 1.19. The number of hydrogen-bond donors (Lipinski definition) is 3. The second kappa shape index (κ2) is 6.69. The van der Waals surface area contributed by atoms with Crippen LogP contribution in [0.25, 0.3) is 11.0 Å². The molecule has 1 atom stereocenters. The van der Waals surface area contributed by atoms with E-state index < -0.39 is 0 Å². The number of hydrogen-bond acceptors (Lipinski definition) is 3. The number of imidazole rings is 1. The van der Waals surface area contributed by atoms with Crippen molar-refractivity contribution in [1.82, 2.24) is 9.97 Å². The largest absolute Gasteiger partial charge is 0.399 e. The topological polar surface area (TPSA) is 74.9 Å². The molecule has 0 saturated carbocycles. The van der Waals surface area contributed by atoms with Gasteiger partial charge in [-0.3, -0.25) is 0 Å². The van der Waals surface area contributed by atoms with Crippen LogP contribution >= 0.6 is 24.8 Å². The van der Waals surface area contributed by atoms with E-state index in [1.807, 2.05) is 18.2 Å². The van der Waals surface area contributed by atoms with Crippen molar-refractivity contribution in [3.63, 3.8) is 0 Å². The zero-order chi connectivity index (χ0) is 10.8. The van der Waals surface area contributed by atoms with E-state index in [0.717, 1.165) is 35.4 Å². The molecule has 4 N–H and O–H groups in total. The summed E-state index contributed by atoms with van der Waals surface area (Å²) in [7, 11) is 0. The predicted octanol–water partition coefficient (Wildman–Crippen LogP) is 2.30. The molecule has 1 aromatic heterocycles. The van der Waals surface area contributed by atoms with Crippen molar-refractivity contribution in [2.24, 2.45) is 0 Å². The van der Waals surface area contributed by atoms with E-state index in [4.69, 9.17) is 5.73 Å². The van der Waals surface area contributed by atoms with Crippen molar-refractivity contribution < 1.29 is 5.11 Å². The number of aliphatic hydroxyl groups excluding tert-OH is 1. The lowest BCUT2D eigenvalue weighted by molar-refractivity contribution is 0.184. The number of H-pyrrole nitrogens is 1. The van der Waals surface area contributed by atoms with Gasteiger partial charge in [-0.05, 0) is 31.5 Å². The Balaban J connectivity index is 0.00000128. The summed E-state index contributed by atoms with van der Waals surface area (Å²) in [5, 5.41) is 9.17. The molecular formula is C11H17Cl2N3O. The Morgan fingerprint density at radius 2 is 2.12 bits per heavy atom. The monoisotopic (exact) mass is 277 g/mol. The van der Waals surface area contributed by atoms with E-state index in [9.17, 15) is 5.11 Å². The number of nitrogen functional groups attached to an aromatic ring is 1. The Morgan fingerprint density at radius 1 is 1.41 bits per heavy atom. The Morgan fingerprint density at radius 3 is 2.76 bits per heavy atom. The number of fused-ring (bicyclic) bond motifs is 1. The van der Waals surface area contributed by atoms with Crippen LogP contribution in [0.1, 0.15) is 19.2 Å². The number of aromatic amines is 1. The zero-order valence-corrected chi connectivity index (χ0v) is 11.1. The number of aromatic nitrogens is 2. The van der Waals surface area contributed by atoms with Gasteiger partial charge >= 0.3 is 0 Å². The number of aliphatic hydroxyl groups is 1. The maximum atomic E-state index is 9.17. The Kier molecular flexibility index (Phi) is 6.31. The second-order valence-electron chi connectivity index (χ2n) is 3.85. The second-order valence-corrected chi connectivity index (χ2v) is 3.85. The summed E-state index contributed by atoms with van der Waals surface area (Å²) >= 11 is 0. The fourth-order valence-electron chi connectivity index (χ4n) is 1.54. The number of rotatable bonds is 3. The Hall–Kier alpha value is -0.970. The summed E-state index contributed by atoms with van der Waals surface area (Å²) in [5.41, 5.74) is 8.27. The first-order valence-corrected chi connectivity index (χ1v) is 5.07. The molecule has 17 heavy (non-hydrogen) atoms. The van der Waals surface area contributed by atoms with Gasteiger partial charge in [-0.1, -0.05) is 0 Å². The van der Waals surface area contributed by atoms with Crippen LogP contribution in [0.15, 0.2) is 18.2 Å². The van der Waals surface area contributed by atoms with E-state index in [1.54, 1.807) is 6.92 Å². The third-order valence-corrected chi connectivity index (χ3v) is 2.35. The number of nitrogens with two attached hydrogens (primary N) is 1. The van der Waals surface area contributed by atoms with Gasteiger partial charge < -0.3 is 15.8 Å². The Bertz CT molecular complexity index is 471. The first-order valence-electron chi connectivity index (χ1n) is 5.07. The molecule has 2 rings (SSSR count). The minimum absolute atomic E-state index is 0. The average molecular weight is 278 g/mol. The van der Waals surface area contributed by atoms with Gasteiger partial charge in [0.05, 0.1) is 17.1 Å². The first-order chi connectivity index (χ1) is 7.15. The molecule has 1 unspecified atom stereocenters. The quantitative estimate of drug-likeness (QED) is 0.754. The molecule has 1 aromatic carbocycles. The third-order valence-electron chi connectivity index (χ3n) is 2.35. The molecule has 6 heteroatoms. The van der Waals surface area contributed by atoms with Crippen LogP contribution in [0.4, 0.5) is 5.69 Å². The molecule has 2 aromatic rings. The summed E-state index contributed by atoms with van der Waals surface area (Å²) in [6.45, 7) is 1.78. The van der Waals surface area contributed by atoms with Crippen LogP contribution in [-0.4, -0.2) is 21.2 Å². The highest BCUT2D eigenvalue weighted by atomic mass is 35.5. The molecule has 0 amide bonds. The molecule has 0 aliphatic carbocycles. The van der Waals surface area contributed by atoms with Gasteiger partial charge in [0, 0.05) is 12.1 Å². The van der Waals surface area contributed by atoms with Gasteiger partial charge in [-0.2, -0.15) is 0 Å². The summed E-state index contributed by atoms with van der Waals surface area (Å²) < 4.78 is 0. The molecule has 0 aliphatic rings. The van der Waals surface area contributed by atoms with E-state index in [2.05, 4.69) is 9.97 Å². The lowest BCUT2D eigenvalue weighted by Gasteiger charge is -1.99. The number of aryl methyl sites for hydroxylation is 1. The number of anilines is 1. The van der Waals surface area contributed by atoms with Crippen LogP contribution < -0.4 is 5.73 Å². The van der Waals surface area contributed by atoms with Crippen LogP contribution in [0.3, 0.4) is 0 Å². The number of nitrogens with zero attached hydrogens (tertiary/aromatic N) is 1. The summed E-state index contributed by atoms with van der Waals surface area (Å²) in [5.74, 6) is 0.900. The molecule has 96 valence electrons. The smallest absolute Gasteiger partial charge is 0.107 e. The minimum Gasteiger partial charge on any atom is -0.399 e. The number of nitrogens with one attached hydrogen (secondary N) is 1. The fourth-order valence-corrected chi connectivity index (χ4v) is 1.54. The van der Waals surface area contributed by atoms with Crippen molar-refractivity contribution in [3.8, 4) is 0 Å². The highest BCUT2D eigenvalue weighted by Crippen LogP contribution is 2.15. The Labute approximate surface area is 112 Å². The first kappa shape index (κ1) is 16.0. The molecule has 4 nitrogen and oxygen atoms in total. The van der Waals surface area contributed by atoms with Gasteiger partial charge in [-0.25, -0.2) is 4.98 Å². The third kappa shape index (κ3) is 4.07. The minimum atomic E-state index is -0.289. The molecule has 0 spiro atoms. The van der Waals surface area contributed by atoms with Gasteiger partial charge in [-0.15, -0.1) is 24.8 Å². The highest BCUT2D eigenvalue weighted by molar-refractivity contribution is 5.85. The van der Waals surface area contributed by atoms with Gasteiger partial charge in [0.15, 0.2) is 0 Å². The lowest BCUT2D eigenvalue weighted by atomic mass is 10.2. The highest BCUT2D eigenvalue weighted by Gasteiger charge is 2.04. The van der Waals surface area contributed by atoms with E-state index in [1.165, 1.54) is 0 Å². The molecule has 0 bridgehead atoms. The van der Waals surface area contributed by atoms with E-state index in [-0.39, 0.29) is 30.9 Å². The van der Waals surface area contributed by atoms with Gasteiger partial charge in [0.1, 0.15) is 5.82 Å². The van der Waals surface area contributed by atoms with Crippen LogP contribution in [0.2, 0.25) is 0 Å². The SMILES string of the molecule is CC(O)CCc1nc2ccc(N)cc2[nH]1.Cl.Cl. The number of benzene rings is 1. The molecule has 0 saturated heterocycles. The van der Waals surface area contributed by atoms with Crippen molar-refractivity contribution >= 4 is 41.5 Å². The summed E-state index contributed by atoms with van der Waals surface area (Å²) in [4.78, 5) is 7.59. The maximum absolute atomic E-state index is 9.17. The standard InChI is InChI=1S/C11H15N3O.2ClH/c1-7(15)2-5-11-13-9-4-3-8(12)6-10(9)14-11;;/h3-4,6-7,15H,2,5,12H2,1H3,(H,13,14);2*1H. The molecule has 1 heterocycles. The maximum Gasteiger partial charge on any atom is 0.107 e. The molecule has 0 fully saturated rings. The van der Waals surface area contributed by atoms with Crippen LogP contribution in [0.5, 0.6) is 0 Å². The van der Waals surface area contributed by atoms with Crippen molar-refractivity contribution in [1.29, 1.82) is 0 Å². The van der Waals surface area contributed by atoms with Crippen molar-refractivity contribution in [2.45, 2.75) is 25.9 Å². The van der Waals surface area contributed by atoms with Gasteiger partial charge in [0.2, 0.25) is 0 Å². The van der Waals surface area contributed by atoms with Crippen LogP contribution in [-0.2, 0) is 6.42 Å². The zero-order valence-electron chi connectivity index (χ0n) is 9.51. The van der Waals surface area contributed by atoms with Crippen LogP contribution in [0, 0.1) is 0 Å². The summed E-state index contributed by atoms with van der Waals surface area (Å²) in [6, 6.07) is 5.60.